The number of methoxy groups -OCH3 is 1. The van der Waals surface area contributed by atoms with Crippen LogP contribution in [0.25, 0.3) is 0 Å². The predicted octanol–water partition coefficient (Wildman–Crippen LogP) is 5.43. The molecule has 5 atom stereocenters. The fourth-order valence-electron chi connectivity index (χ4n) is 7.14. The summed E-state index contributed by atoms with van der Waals surface area (Å²) in [6.07, 6.45) is 7.02. The third-order valence-corrected chi connectivity index (χ3v) is 9.10. The van der Waals surface area contributed by atoms with Gasteiger partial charge in [0, 0.05) is 49.4 Å². The van der Waals surface area contributed by atoms with Gasteiger partial charge in [-0.3, -0.25) is 14.3 Å². The number of aliphatic imine (C=N–C) groups is 1. The standard InChI is InChI=1S/C28H37F2N5O/c1-18-14-31-26-28(17-32-34-26)7-6-21(23(25(18)28)13-27(30)8-9-27)22-5-4-19(12-24(22)36-2)33-20-15-35(16-20)11-3-10-29/h4-7,12,18,20-21,23,25,33H,3,8-11,13-17H2,1-2H3/t18-,21+,23?,25?,28?/m0/s1. The van der Waals surface area contributed by atoms with E-state index in [1.54, 1.807) is 7.11 Å². The Bertz CT molecular complexity index is 1080. The molecule has 194 valence electrons. The van der Waals surface area contributed by atoms with E-state index >= 15 is 4.39 Å². The lowest BCUT2D eigenvalue weighted by Gasteiger charge is -2.50. The SMILES string of the molecule is COc1cc(NC2CN(CCCF)C2)ccc1[C@H]1C=CC23CN=NC2=NC[C@H](C)C3C1CC1(F)CC1. The van der Waals surface area contributed by atoms with Crippen molar-refractivity contribution in [1.29, 1.82) is 0 Å². The van der Waals surface area contributed by atoms with Gasteiger partial charge >= 0.3 is 0 Å². The molecule has 1 N–H and O–H groups in total. The zero-order valence-corrected chi connectivity index (χ0v) is 21.3. The third kappa shape index (κ3) is 4.15. The first-order valence-electron chi connectivity index (χ1n) is 13.5. The molecule has 1 saturated carbocycles. The molecule has 3 aliphatic heterocycles. The highest BCUT2D eigenvalue weighted by Crippen LogP contribution is 2.59. The molecule has 0 radical (unpaired) electrons. The minimum absolute atomic E-state index is 0.0696. The number of benzene rings is 1. The van der Waals surface area contributed by atoms with Crippen LogP contribution in [0.5, 0.6) is 5.75 Å². The predicted molar refractivity (Wildman–Crippen MR) is 138 cm³/mol. The van der Waals surface area contributed by atoms with E-state index in [0.29, 0.717) is 44.2 Å². The van der Waals surface area contributed by atoms with Crippen molar-refractivity contribution in [2.75, 3.05) is 51.8 Å². The topological polar surface area (TPSA) is 61.6 Å². The number of anilines is 1. The monoisotopic (exact) mass is 497 g/mol. The van der Waals surface area contributed by atoms with Gasteiger partial charge in [0.15, 0.2) is 5.84 Å². The Morgan fingerprint density at radius 1 is 1.25 bits per heavy atom. The van der Waals surface area contributed by atoms with Gasteiger partial charge in [0.05, 0.1) is 31.8 Å². The van der Waals surface area contributed by atoms with Crippen LogP contribution in [0, 0.1) is 23.2 Å². The minimum atomic E-state index is -1.05. The highest BCUT2D eigenvalue weighted by atomic mass is 19.1. The Hall–Kier alpha value is -2.35. The summed E-state index contributed by atoms with van der Waals surface area (Å²) in [6.45, 7) is 6.01. The van der Waals surface area contributed by atoms with E-state index in [0.717, 1.165) is 49.0 Å². The number of halogens is 2. The lowest BCUT2D eigenvalue weighted by molar-refractivity contribution is 0.0851. The summed E-state index contributed by atoms with van der Waals surface area (Å²) in [6, 6.07) is 6.72. The first kappa shape index (κ1) is 24.0. The number of allylic oxidation sites excluding steroid dienone is 1. The van der Waals surface area contributed by atoms with Crippen LogP contribution in [0.1, 0.15) is 44.1 Å². The highest BCUT2D eigenvalue weighted by molar-refractivity contribution is 5.93. The molecule has 8 heteroatoms. The van der Waals surface area contributed by atoms with E-state index < -0.39 is 5.67 Å². The molecule has 1 aromatic rings. The van der Waals surface area contributed by atoms with Crippen molar-refractivity contribution in [3.8, 4) is 5.75 Å². The molecule has 1 aromatic carbocycles. The zero-order chi connectivity index (χ0) is 24.9. The van der Waals surface area contributed by atoms with Gasteiger partial charge < -0.3 is 10.1 Å². The normalized spacial score (nSPS) is 34.5. The minimum Gasteiger partial charge on any atom is -0.496 e. The molecule has 5 aliphatic rings. The van der Waals surface area contributed by atoms with Crippen LogP contribution in [0.4, 0.5) is 14.5 Å². The summed E-state index contributed by atoms with van der Waals surface area (Å²) in [5.41, 5.74) is 0.794. The summed E-state index contributed by atoms with van der Waals surface area (Å²) in [5.74, 6) is 2.46. The van der Waals surface area contributed by atoms with E-state index in [4.69, 9.17) is 9.73 Å². The Balaban J connectivity index is 1.27. The van der Waals surface area contributed by atoms with Gasteiger partial charge in [0.1, 0.15) is 11.4 Å². The number of likely N-dealkylation sites (tertiary alicyclic amines) is 1. The number of hydrogen-bond acceptors (Lipinski definition) is 6. The molecule has 0 aromatic heterocycles. The number of nitrogens with zero attached hydrogens (tertiary/aromatic N) is 4. The van der Waals surface area contributed by atoms with Gasteiger partial charge in [0.2, 0.25) is 0 Å². The summed E-state index contributed by atoms with van der Waals surface area (Å²) < 4.78 is 33.7. The van der Waals surface area contributed by atoms with Crippen molar-refractivity contribution in [1.82, 2.24) is 4.90 Å². The number of amidine groups is 1. The summed E-state index contributed by atoms with van der Waals surface area (Å²) in [4.78, 5) is 7.03. The van der Waals surface area contributed by atoms with Gasteiger partial charge in [-0.15, -0.1) is 5.11 Å². The Kier molecular flexibility index (Phi) is 6.13. The van der Waals surface area contributed by atoms with E-state index in [9.17, 15) is 4.39 Å². The van der Waals surface area contributed by atoms with Gasteiger partial charge in [-0.05, 0) is 49.5 Å². The molecule has 36 heavy (non-hydrogen) atoms. The van der Waals surface area contributed by atoms with Crippen molar-refractivity contribution < 1.29 is 13.5 Å². The quantitative estimate of drug-likeness (QED) is 0.463. The second-order valence-corrected chi connectivity index (χ2v) is 11.6. The van der Waals surface area contributed by atoms with Gasteiger partial charge in [-0.25, -0.2) is 4.39 Å². The molecule has 2 aliphatic carbocycles. The molecule has 6 nitrogen and oxygen atoms in total. The molecule has 6 rings (SSSR count). The van der Waals surface area contributed by atoms with Crippen molar-refractivity contribution in [3.05, 3.63) is 35.9 Å². The maximum absolute atomic E-state index is 15.4. The first-order chi connectivity index (χ1) is 17.4. The van der Waals surface area contributed by atoms with E-state index in [-0.39, 0.29) is 29.8 Å². The Morgan fingerprint density at radius 3 is 2.83 bits per heavy atom. The van der Waals surface area contributed by atoms with Crippen LogP contribution in [-0.2, 0) is 0 Å². The van der Waals surface area contributed by atoms with E-state index in [1.807, 2.05) is 0 Å². The van der Waals surface area contributed by atoms with Crippen molar-refractivity contribution in [2.45, 2.75) is 50.2 Å². The van der Waals surface area contributed by atoms with Crippen LogP contribution in [0.3, 0.4) is 0 Å². The van der Waals surface area contributed by atoms with Crippen LogP contribution >= 0.6 is 0 Å². The van der Waals surface area contributed by atoms with Gasteiger partial charge in [-0.2, -0.15) is 5.11 Å². The number of alkyl halides is 2. The fourth-order valence-corrected chi connectivity index (χ4v) is 7.14. The van der Waals surface area contributed by atoms with E-state index in [2.05, 4.69) is 57.7 Å². The molecule has 0 amide bonds. The molecule has 1 spiro atoms. The third-order valence-electron chi connectivity index (χ3n) is 9.10. The molecule has 0 bridgehead atoms. The molecule has 3 heterocycles. The highest BCUT2D eigenvalue weighted by Gasteiger charge is 2.58. The maximum Gasteiger partial charge on any atom is 0.158 e. The van der Waals surface area contributed by atoms with Crippen LogP contribution in [-0.4, -0.2) is 69.0 Å². The summed E-state index contributed by atoms with van der Waals surface area (Å²) in [5, 5.41) is 12.4. The van der Waals surface area contributed by atoms with Crippen LogP contribution < -0.4 is 10.1 Å². The largest absolute Gasteiger partial charge is 0.496 e. The molecular formula is C28H37F2N5O. The second-order valence-electron chi connectivity index (χ2n) is 11.6. The maximum atomic E-state index is 15.4. The summed E-state index contributed by atoms with van der Waals surface area (Å²) >= 11 is 0. The smallest absolute Gasteiger partial charge is 0.158 e. The average Bonchev–Trinajstić information content (AvgIpc) is 3.43. The van der Waals surface area contributed by atoms with Crippen molar-refractivity contribution in [2.24, 2.45) is 38.4 Å². The number of ether oxygens (including phenoxy) is 1. The Morgan fingerprint density at radius 2 is 2.08 bits per heavy atom. The average molecular weight is 498 g/mol. The Labute approximate surface area is 212 Å². The number of hydrogen-bond donors (Lipinski definition) is 1. The molecule has 3 unspecified atom stereocenters. The number of azo groups is 1. The van der Waals surface area contributed by atoms with Crippen molar-refractivity contribution in [3.63, 3.8) is 0 Å². The fraction of sp³-hybridized carbons (Fsp3) is 0.679. The zero-order valence-electron chi connectivity index (χ0n) is 21.3. The first-order valence-corrected chi connectivity index (χ1v) is 13.5. The number of rotatable bonds is 9. The van der Waals surface area contributed by atoms with Crippen LogP contribution in [0.15, 0.2) is 45.6 Å². The molecular weight excluding hydrogens is 460 g/mol. The van der Waals surface area contributed by atoms with Gasteiger partial charge in [-0.1, -0.05) is 25.1 Å². The van der Waals surface area contributed by atoms with Crippen LogP contribution in [0.2, 0.25) is 0 Å². The molecule has 1 saturated heterocycles. The van der Waals surface area contributed by atoms with E-state index in [1.165, 1.54) is 0 Å². The molecule has 2 fully saturated rings. The lowest BCUT2D eigenvalue weighted by Crippen LogP contribution is -2.54. The van der Waals surface area contributed by atoms with Gasteiger partial charge in [0.25, 0.3) is 0 Å². The summed E-state index contributed by atoms with van der Waals surface area (Å²) in [7, 11) is 1.72. The second kappa shape index (κ2) is 9.19. The van der Waals surface area contributed by atoms with Crippen molar-refractivity contribution >= 4 is 11.5 Å². The number of nitrogens with one attached hydrogen (secondary N) is 1. The lowest BCUT2D eigenvalue weighted by atomic mass is 9.54.